The van der Waals surface area contributed by atoms with Crippen molar-refractivity contribution in [3.63, 3.8) is 0 Å². The Bertz CT molecular complexity index is 1120. The number of hydrogen-bond donors (Lipinski definition) is 4. The molecule has 192 valence electrons. The van der Waals surface area contributed by atoms with Gasteiger partial charge in [0.1, 0.15) is 24.2 Å². The highest BCUT2D eigenvalue weighted by Crippen LogP contribution is 2.33. The van der Waals surface area contributed by atoms with E-state index in [9.17, 15) is 19.5 Å². The zero-order valence-electron chi connectivity index (χ0n) is 20.8. The Kier molecular flexibility index (Phi) is 6.73. The smallest absolute Gasteiger partial charge is 0.281 e. The lowest BCUT2D eigenvalue weighted by molar-refractivity contribution is -0.142. The molecule has 3 aliphatic rings. The van der Waals surface area contributed by atoms with E-state index in [1.54, 1.807) is 4.90 Å². The van der Waals surface area contributed by atoms with E-state index in [0.29, 0.717) is 18.8 Å². The number of hydrazine groups is 1. The number of fused-ring (bicyclic) bond motifs is 1. The number of nitriles is 1. The maximum absolute atomic E-state index is 13.2. The SMILES string of the molecule is CN(CC#N)C(=O)c1cnc(NC2CC3N(CC(C)(C)C)C(O)=C(C(=O)NC4CC4)C(=O)N3N2)cn1. The number of carbonyl (C=O) groups is 3. The predicted octanol–water partition coefficient (Wildman–Crippen LogP) is 0.283. The van der Waals surface area contributed by atoms with Gasteiger partial charge >= 0.3 is 0 Å². The molecule has 1 saturated carbocycles. The molecule has 2 atom stereocenters. The second-order valence-electron chi connectivity index (χ2n) is 10.5. The molecule has 0 aromatic carbocycles. The Morgan fingerprint density at radius 1 is 1.31 bits per heavy atom. The van der Waals surface area contributed by atoms with E-state index in [2.05, 4.69) is 26.0 Å². The zero-order valence-corrected chi connectivity index (χ0v) is 20.8. The highest BCUT2D eigenvalue weighted by Gasteiger charge is 2.49. The molecule has 1 aliphatic carbocycles. The molecule has 3 heterocycles. The molecule has 1 aromatic rings. The molecule has 13 heteroatoms. The van der Waals surface area contributed by atoms with E-state index in [1.807, 2.05) is 26.8 Å². The highest BCUT2D eigenvalue weighted by molar-refractivity contribution is 6.19. The maximum Gasteiger partial charge on any atom is 0.281 e. The Hall–Kier alpha value is -3.92. The summed E-state index contributed by atoms with van der Waals surface area (Å²) in [5, 5.41) is 27.1. The lowest BCUT2D eigenvalue weighted by Gasteiger charge is -2.42. The first kappa shape index (κ1) is 25.2. The van der Waals surface area contributed by atoms with Crippen molar-refractivity contribution in [1.82, 2.24) is 35.5 Å². The lowest BCUT2D eigenvalue weighted by atomic mass is 9.95. The van der Waals surface area contributed by atoms with Gasteiger partial charge in [-0.2, -0.15) is 5.26 Å². The molecule has 1 aromatic heterocycles. The average Bonchev–Trinajstić information content (AvgIpc) is 3.52. The molecular formula is C23H31N9O4. The van der Waals surface area contributed by atoms with Gasteiger partial charge < -0.3 is 25.5 Å². The van der Waals surface area contributed by atoms with E-state index in [0.717, 1.165) is 12.8 Å². The number of aliphatic hydroxyl groups is 1. The van der Waals surface area contributed by atoms with E-state index in [-0.39, 0.29) is 35.2 Å². The Labute approximate surface area is 209 Å². The number of aliphatic hydroxyl groups excluding tert-OH is 1. The predicted molar refractivity (Wildman–Crippen MR) is 127 cm³/mol. The van der Waals surface area contributed by atoms with Gasteiger partial charge in [0, 0.05) is 26.1 Å². The minimum Gasteiger partial charge on any atom is -0.494 e. The van der Waals surface area contributed by atoms with Crippen LogP contribution >= 0.6 is 0 Å². The summed E-state index contributed by atoms with van der Waals surface area (Å²) >= 11 is 0. The Morgan fingerprint density at radius 2 is 2.03 bits per heavy atom. The fourth-order valence-electron chi connectivity index (χ4n) is 4.12. The molecule has 36 heavy (non-hydrogen) atoms. The Morgan fingerprint density at radius 3 is 2.61 bits per heavy atom. The van der Waals surface area contributed by atoms with Gasteiger partial charge in [0.15, 0.2) is 5.57 Å². The number of rotatable bonds is 7. The molecule has 2 fully saturated rings. The van der Waals surface area contributed by atoms with Crippen molar-refractivity contribution in [3.8, 4) is 6.07 Å². The van der Waals surface area contributed by atoms with Gasteiger partial charge in [0.2, 0.25) is 5.88 Å². The van der Waals surface area contributed by atoms with Gasteiger partial charge in [0.05, 0.1) is 24.6 Å². The van der Waals surface area contributed by atoms with Gasteiger partial charge in [-0.05, 0) is 18.3 Å². The maximum atomic E-state index is 13.2. The zero-order chi connectivity index (χ0) is 26.2. The summed E-state index contributed by atoms with van der Waals surface area (Å²) in [5.74, 6) is -1.55. The minimum atomic E-state index is -0.599. The van der Waals surface area contributed by atoms with Gasteiger partial charge in [-0.1, -0.05) is 20.8 Å². The first-order valence-corrected chi connectivity index (χ1v) is 11.8. The topological polar surface area (TPSA) is 167 Å². The molecule has 4 rings (SSSR count). The first-order chi connectivity index (χ1) is 17.0. The minimum absolute atomic E-state index is 0.0356. The quantitative estimate of drug-likeness (QED) is 0.303. The number of nitrogens with one attached hydrogen (secondary N) is 3. The number of carbonyl (C=O) groups excluding carboxylic acids is 3. The van der Waals surface area contributed by atoms with Crippen LogP contribution in [-0.2, 0) is 9.59 Å². The van der Waals surface area contributed by atoms with Gasteiger partial charge in [-0.3, -0.25) is 14.4 Å². The summed E-state index contributed by atoms with van der Waals surface area (Å²) < 4.78 is 0. The van der Waals surface area contributed by atoms with Crippen LogP contribution < -0.4 is 16.1 Å². The molecule has 0 bridgehead atoms. The van der Waals surface area contributed by atoms with Crippen LogP contribution in [0.15, 0.2) is 23.8 Å². The highest BCUT2D eigenvalue weighted by atomic mass is 16.3. The van der Waals surface area contributed by atoms with Crippen LogP contribution in [0.25, 0.3) is 0 Å². The largest absolute Gasteiger partial charge is 0.494 e. The fourth-order valence-corrected chi connectivity index (χ4v) is 4.12. The fraction of sp³-hybridized carbons (Fsp3) is 0.565. The van der Waals surface area contributed by atoms with E-state index < -0.39 is 30.1 Å². The number of hydrogen-bond acceptors (Lipinski definition) is 10. The molecule has 3 amide bonds. The van der Waals surface area contributed by atoms with Crippen molar-refractivity contribution in [2.45, 2.75) is 58.4 Å². The lowest BCUT2D eigenvalue weighted by Crippen LogP contribution is -2.58. The number of amides is 3. The third-order valence-electron chi connectivity index (χ3n) is 5.96. The van der Waals surface area contributed by atoms with Crippen molar-refractivity contribution >= 4 is 23.5 Å². The molecule has 0 spiro atoms. The van der Waals surface area contributed by atoms with Gasteiger partial charge in [0.25, 0.3) is 17.7 Å². The third kappa shape index (κ3) is 5.33. The van der Waals surface area contributed by atoms with E-state index >= 15 is 0 Å². The van der Waals surface area contributed by atoms with Crippen molar-refractivity contribution in [2.75, 3.05) is 25.5 Å². The molecule has 4 N–H and O–H groups in total. The second kappa shape index (κ2) is 9.62. The molecule has 2 unspecified atom stereocenters. The van der Waals surface area contributed by atoms with Crippen LogP contribution in [0.2, 0.25) is 0 Å². The van der Waals surface area contributed by atoms with Crippen molar-refractivity contribution in [3.05, 3.63) is 29.5 Å². The van der Waals surface area contributed by atoms with Crippen molar-refractivity contribution in [1.29, 1.82) is 5.26 Å². The van der Waals surface area contributed by atoms with Crippen LogP contribution in [0.4, 0.5) is 5.82 Å². The second-order valence-corrected chi connectivity index (χ2v) is 10.5. The molecule has 13 nitrogen and oxygen atoms in total. The third-order valence-corrected chi connectivity index (χ3v) is 5.96. The summed E-state index contributed by atoms with van der Waals surface area (Å²) in [6, 6.07) is 1.94. The number of nitrogens with zero attached hydrogens (tertiary/aromatic N) is 6. The van der Waals surface area contributed by atoms with Crippen LogP contribution in [0.1, 0.15) is 50.5 Å². The van der Waals surface area contributed by atoms with Gasteiger partial charge in [-0.15, -0.1) is 0 Å². The van der Waals surface area contributed by atoms with Crippen molar-refractivity contribution < 1.29 is 19.5 Å². The van der Waals surface area contributed by atoms with Crippen LogP contribution in [0, 0.1) is 16.7 Å². The number of anilines is 1. The summed E-state index contributed by atoms with van der Waals surface area (Å²) in [6.07, 6.45) is 3.82. The van der Waals surface area contributed by atoms with Gasteiger partial charge in [-0.25, -0.2) is 20.4 Å². The summed E-state index contributed by atoms with van der Waals surface area (Å²) in [6.45, 7) is 6.37. The average molecular weight is 498 g/mol. The molecular weight excluding hydrogens is 466 g/mol. The van der Waals surface area contributed by atoms with Crippen molar-refractivity contribution in [2.24, 2.45) is 5.41 Å². The summed E-state index contributed by atoms with van der Waals surface area (Å²) in [5.41, 5.74) is 2.68. The number of aromatic nitrogens is 2. The summed E-state index contributed by atoms with van der Waals surface area (Å²) in [4.78, 5) is 49.6. The standard InChI is InChI=1S/C23H31N9O4/c1-23(2,3)12-31-17-9-15(28-16-11-25-14(10-26-16)20(34)30(4)8-7-24)29-32(17)22(36)18(21(31)35)19(33)27-13-5-6-13/h10-11,13,15,17,29,35H,5-6,8-9,12H2,1-4H3,(H,26,28)(H,27,33). The summed E-state index contributed by atoms with van der Waals surface area (Å²) in [7, 11) is 1.50. The van der Waals surface area contributed by atoms with Crippen LogP contribution in [0.3, 0.4) is 0 Å². The Balaban J connectivity index is 1.50. The molecule has 2 aliphatic heterocycles. The normalized spacial score (nSPS) is 21.7. The van der Waals surface area contributed by atoms with Crippen LogP contribution in [0.5, 0.6) is 0 Å². The molecule has 0 radical (unpaired) electrons. The monoisotopic (exact) mass is 497 g/mol. The van der Waals surface area contributed by atoms with Crippen LogP contribution in [-0.4, -0.2) is 86.1 Å². The molecule has 1 saturated heterocycles. The van der Waals surface area contributed by atoms with E-state index in [4.69, 9.17) is 5.26 Å². The first-order valence-electron chi connectivity index (χ1n) is 11.8. The van der Waals surface area contributed by atoms with E-state index in [1.165, 1.54) is 29.4 Å².